The number of hydrogen-bond donors (Lipinski definition) is 0. The Morgan fingerprint density at radius 2 is 2.00 bits per heavy atom. The van der Waals surface area contributed by atoms with Crippen LogP contribution in [-0.4, -0.2) is 53.1 Å². The number of carbonyl (C=O) groups excluding carboxylic acids is 3. The lowest BCUT2D eigenvalue weighted by atomic mass is 9.98. The average Bonchev–Trinajstić information content (AvgIpc) is 2.84. The molecule has 1 rings (SSSR count). The summed E-state index contributed by atoms with van der Waals surface area (Å²) >= 11 is 2.71. The minimum atomic E-state index is -4.83. The fraction of sp³-hybridized carbons (Fsp3) is 0.786. The number of imide groups is 1. The van der Waals surface area contributed by atoms with E-state index in [0.717, 1.165) is 0 Å². The number of amides is 2. The van der Waals surface area contributed by atoms with Gasteiger partial charge in [0, 0.05) is 0 Å². The van der Waals surface area contributed by atoms with Crippen molar-refractivity contribution in [2.75, 3.05) is 13.2 Å². The zero-order valence-corrected chi connectivity index (χ0v) is 15.0. The minimum absolute atomic E-state index is 0.0712. The van der Waals surface area contributed by atoms with Gasteiger partial charge in [0.1, 0.15) is 11.4 Å². The van der Waals surface area contributed by atoms with E-state index in [2.05, 4.69) is 20.7 Å². The van der Waals surface area contributed by atoms with Gasteiger partial charge < -0.3 is 9.47 Å². The predicted molar refractivity (Wildman–Crippen MR) is 80.3 cm³/mol. The van der Waals surface area contributed by atoms with E-state index in [0.29, 0.717) is 4.90 Å². The molecule has 0 unspecified atom stereocenters. The third-order valence-corrected chi connectivity index (χ3v) is 4.64. The molecule has 2 amide bonds. The number of esters is 1. The first-order valence-electron chi connectivity index (χ1n) is 7.36. The summed E-state index contributed by atoms with van der Waals surface area (Å²) in [6.45, 7) is 4.76. The number of ether oxygens (including phenoxy) is 2. The van der Waals surface area contributed by atoms with Gasteiger partial charge >= 0.3 is 18.2 Å². The van der Waals surface area contributed by atoms with Gasteiger partial charge in [-0.3, -0.25) is 9.59 Å². The number of nitrogens with zero attached hydrogens (tertiary/aromatic N) is 1. The van der Waals surface area contributed by atoms with Crippen molar-refractivity contribution in [3.63, 3.8) is 0 Å². The Hall–Kier alpha value is -1.32. The van der Waals surface area contributed by atoms with Crippen LogP contribution in [0, 0.1) is 11.8 Å². The molecule has 0 aromatic rings. The molecule has 1 aliphatic rings. The van der Waals surface area contributed by atoms with E-state index in [9.17, 15) is 27.6 Å². The third kappa shape index (κ3) is 4.84. The molecule has 0 radical (unpaired) electrons. The molecule has 138 valence electrons. The van der Waals surface area contributed by atoms with Crippen molar-refractivity contribution in [2.45, 2.75) is 44.2 Å². The van der Waals surface area contributed by atoms with E-state index in [1.54, 1.807) is 13.8 Å². The van der Waals surface area contributed by atoms with Gasteiger partial charge in [0.15, 0.2) is 0 Å². The number of alkyl halides is 4. The minimum Gasteiger partial charge on any atom is -0.466 e. The maximum atomic E-state index is 13.2. The molecule has 1 heterocycles. The van der Waals surface area contributed by atoms with Crippen LogP contribution in [0.25, 0.3) is 0 Å². The highest BCUT2D eigenvalue weighted by atomic mass is 79.9. The molecule has 6 nitrogen and oxygen atoms in total. The van der Waals surface area contributed by atoms with E-state index in [1.165, 1.54) is 6.92 Å². The molecule has 10 heteroatoms. The molecule has 3 atom stereocenters. The summed E-state index contributed by atoms with van der Waals surface area (Å²) in [4.78, 5) is 34.5. The molecular formula is C14H19BrF3NO5. The van der Waals surface area contributed by atoms with Crippen LogP contribution in [0.2, 0.25) is 0 Å². The molecule has 1 aliphatic heterocycles. The van der Waals surface area contributed by atoms with Crippen LogP contribution < -0.4 is 0 Å². The van der Waals surface area contributed by atoms with Crippen molar-refractivity contribution in [3.05, 3.63) is 0 Å². The van der Waals surface area contributed by atoms with Crippen LogP contribution in [0.15, 0.2) is 0 Å². The third-order valence-electron chi connectivity index (χ3n) is 3.61. The molecule has 0 aliphatic carbocycles. The van der Waals surface area contributed by atoms with Gasteiger partial charge in [-0.2, -0.15) is 13.2 Å². The first-order chi connectivity index (χ1) is 11.0. The van der Waals surface area contributed by atoms with Crippen molar-refractivity contribution in [2.24, 2.45) is 11.8 Å². The lowest BCUT2D eigenvalue weighted by molar-refractivity contribution is -0.186. The summed E-state index contributed by atoms with van der Waals surface area (Å²) in [6, 6.07) is -0.651. The SMILES string of the molecule is CCOC(=O)C[C@H]([C@@H](Br)C(=O)N1C(=O)OC[C@@H]1C(C)C)C(F)(F)F. The van der Waals surface area contributed by atoms with Gasteiger partial charge in [-0.05, 0) is 12.8 Å². The second-order valence-electron chi connectivity index (χ2n) is 5.66. The molecule has 24 heavy (non-hydrogen) atoms. The summed E-state index contributed by atoms with van der Waals surface area (Å²) in [5, 5.41) is 0. The van der Waals surface area contributed by atoms with Crippen LogP contribution >= 0.6 is 15.9 Å². The Kier molecular flexibility index (Phi) is 7.06. The lowest BCUT2D eigenvalue weighted by Crippen LogP contribution is -2.49. The lowest BCUT2D eigenvalue weighted by Gasteiger charge is -2.29. The Labute approximate surface area is 145 Å². The monoisotopic (exact) mass is 417 g/mol. The largest absolute Gasteiger partial charge is 0.466 e. The molecule has 0 spiro atoms. The topological polar surface area (TPSA) is 72.9 Å². The molecule has 0 aromatic heterocycles. The zero-order chi connectivity index (χ0) is 18.7. The number of hydrogen-bond acceptors (Lipinski definition) is 5. The van der Waals surface area contributed by atoms with E-state index >= 15 is 0 Å². The summed E-state index contributed by atoms with van der Waals surface area (Å²) < 4.78 is 49.0. The maximum Gasteiger partial charge on any atom is 0.417 e. The summed E-state index contributed by atoms with van der Waals surface area (Å²) in [7, 11) is 0. The van der Waals surface area contributed by atoms with Crippen molar-refractivity contribution >= 4 is 33.9 Å². The number of rotatable bonds is 6. The van der Waals surface area contributed by atoms with Crippen molar-refractivity contribution in [1.82, 2.24) is 4.90 Å². The predicted octanol–water partition coefficient (Wildman–Crippen LogP) is 2.89. The Morgan fingerprint density at radius 3 is 2.46 bits per heavy atom. The highest BCUT2D eigenvalue weighted by Crippen LogP contribution is 2.37. The van der Waals surface area contributed by atoms with Crippen LogP contribution in [0.1, 0.15) is 27.2 Å². The smallest absolute Gasteiger partial charge is 0.417 e. The molecule has 0 aromatic carbocycles. The van der Waals surface area contributed by atoms with E-state index in [-0.39, 0.29) is 19.1 Å². The highest BCUT2D eigenvalue weighted by molar-refractivity contribution is 9.10. The summed E-state index contributed by atoms with van der Waals surface area (Å²) in [6.07, 6.45) is -6.83. The molecule has 0 saturated carbocycles. The van der Waals surface area contributed by atoms with Gasteiger partial charge in [0.25, 0.3) is 0 Å². The highest BCUT2D eigenvalue weighted by Gasteiger charge is 2.51. The fourth-order valence-corrected chi connectivity index (χ4v) is 2.98. The average molecular weight is 418 g/mol. The number of carbonyl (C=O) groups is 3. The van der Waals surface area contributed by atoms with Crippen LogP contribution in [0.4, 0.5) is 18.0 Å². The van der Waals surface area contributed by atoms with Crippen molar-refractivity contribution in [1.29, 1.82) is 0 Å². The van der Waals surface area contributed by atoms with Gasteiger partial charge in [-0.25, -0.2) is 9.69 Å². The van der Waals surface area contributed by atoms with Crippen LogP contribution in [0.3, 0.4) is 0 Å². The first kappa shape index (κ1) is 20.7. The Morgan fingerprint density at radius 1 is 1.42 bits per heavy atom. The van der Waals surface area contributed by atoms with Crippen molar-refractivity contribution < 1.29 is 37.0 Å². The molecule has 0 N–H and O–H groups in total. The van der Waals surface area contributed by atoms with E-state index < -0.39 is 47.4 Å². The van der Waals surface area contributed by atoms with Gasteiger partial charge in [-0.15, -0.1) is 0 Å². The summed E-state index contributed by atoms with van der Waals surface area (Å²) in [5.74, 6) is -4.65. The zero-order valence-electron chi connectivity index (χ0n) is 13.4. The van der Waals surface area contributed by atoms with E-state index in [4.69, 9.17) is 4.74 Å². The number of halogens is 4. The van der Waals surface area contributed by atoms with Gasteiger partial charge in [0.2, 0.25) is 5.91 Å². The second-order valence-corrected chi connectivity index (χ2v) is 6.64. The van der Waals surface area contributed by atoms with Crippen LogP contribution in [0.5, 0.6) is 0 Å². The quantitative estimate of drug-likeness (QED) is 0.490. The Balaban J connectivity index is 3.00. The summed E-state index contributed by atoms with van der Waals surface area (Å²) in [5.41, 5.74) is 0. The fourth-order valence-electron chi connectivity index (χ4n) is 2.27. The van der Waals surface area contributed by atoms with E-state index in [1.807, 2.05) is 0 Å². The molecular weight excluding hydrogens is 399 g/mol. The number of cyclic esters (lactones) is 1. The van der Waals surface area contributed by atoms with Crippen molar-refractivity contribution in [3.8, 4) is 0 Å². The van der Waals surface area contributed by atoms with Gasteiger partial charge in [0.05, 0.1) is 25.0 Å². The molecule has 1 fully saturated rings. The second kappa shape index (κ2) is 8.17. The Bertz CT molecular complexity index is 497. The van der Waals surface area contributed by atoms with Crippen LogP contribution in [-0.2, 0) is 19.1 Å². The first-order valence-corrected chi connectivity index (χ1v) is 8.28. The standard InChI is InChI=1S/C14H19BrF3NO5/c1-4-23-10(20)5-8(14(16,17)18)11(15)12(21)19-9(7(2)3)6-24-13(19)22/h7-9,11H,4-6H2,1-3H3/t8-,9-,11-/m1/s1. The molecule has 1 saturated heterocycles. The maximum absolute atomic E-state index is 13.2. The molecule has 0 bridgehead atoms. The van der Waals surface area contributed by atoms with Gasteiger partial charge in [-0.1, -0.05) is 29.8 Å². The normalized spacial score (nSPS) is 20.8.